The van der Waals surface area contributed by atoms with Crippen molar-refractivity contribution in [3.8, 4) is 5.75 Å². The van der Waals surface area contributed by atoms with E-state index >= 15 is 0 Å². The van der Waals surface area contributed by atoms with Crippen molar-refractivity contribution >= 4 is 29.3 Å². The molecule has 2 N–H and O–H groups in total. The molecule has 138 valence electrons. The molecule has 2 rings (SSSR count). The smallest absolute Gasteiger partial charge is 0.303 e. The van der Waals surface area contributed by atoms with Gasteiger partial charge in [0.25, 0.3) is 0 Å². The molecule has 0 atom stereocenters. The van der Waals surface area contributed by atoms with Crippen LogP contribution in [0, 0.1) is 5.82 Å². The number of benzene rings is 2. The van der Waals surface area contributed by atoms with E-state index in [4.69, 9.17) is 9.84 Å². The molecule has 0 aliphatic carbocycles. The Hall–Kier alpha value is -2.54. The zero-order valence-corrected chi connectivity index (χ0v) is 14.9. The zero-order chi connectivity index (χ0) is 18.8. The minimum Gasteiger partial charge on any atom is -0.494 e. The Kier molecular flexibility index (Phi) is 7.95. The van der Waals surface area contributed by atoms with Crippen LogP contribution in [-0.4, -0.2) is 29.3 Å². The van der Waals surface area contributed by atoms with Crippen molar-refractivity contribution in [1.29, 1.82) is 0 Å². The summed E-state index contributed by atoms with van der Waals surface area (Å²) in [7, 11) is 0. The van der Waals surface area contributed by atoms with Crippen LogP contribution in [-0.2, 0) is 9.59 Å². The van der Waals surface area contributed by atoms with Crippen LogP contribution in [0.5, 0.6) is 5.75 Å². The second kappa shape index (κ2) is 10.5. The number of hydrogen-bond donors (Lipinski definition) is 2. The van der Waals surface area contributed by atoms with E-state index in [-0.39, 0.29) is 24.6 Å². The molecule has 26 heavy (non-hydrogen) atoms. The van der Waals surface area contributed by atoms with Crippen molar-refractivity contribution in [2.45, 2.75) is 24.2 Å². The number of hydrogen-bond acceptors (Lipinski definition) is 4. The number of halogens is 1. The number of carbonyl (C=O) groups excluding carboxylic acids is 1. The molecule has 0 heterocycles. The standard InChI is InChI=1S/C19H20FNO4S/c20-16-4-1-2-5-17(16)26-13-11-18(22)21-14-7-9-15(10-8-14)25-12-3-6-19(23)24/h1-2,4-5,7-10H,3,6,11-13H2,(H,21,22)(H,23,24). The van der Waals surface area contributed by atoms with Crippen molar-refractivity contribution in [3.63, 3.8) is 0 Å². The van der Waals surface area contributed by atoms with Crippen LogP contribution in [0.2, 0.25) is 0 Å². The van der Waals surface area contributed by atoms with E-state index in [0.29, 0.717) is 35.1 Å². The number of carbonyl (C=O) groups is 2. The van der Waals surface area contributed by atoms with E-state index < -0.39 is 5.97 Å². The molecule has 7 heteroatoms. The minimum absolute atomic E-state index is 0.0685. The lowest BCUT2D eigenvalue weighted by atomic mass is 10.3. The first-order chi connectivity index (χ1) is 12.5. The number of aliphatic carboxylic acids is 1. The molecule has 0 saturated carbocycles. The summed E-state index contributed by atoms with van der Waals surface area (Å²) in [6.45, 7) is 0.325. The van der Waals surface area contributed by atoms with Crippen LogP contribution in [0.3, 0.4) is 0 Å². The van der Waals surface area contributed by atoms with Crippen molar-refractivity contribution < 1.29 is 23.8 Å². The van der Waals surface area contributed by atoms with Gasteiger partial charge in [-0.1, -0.05) is 12.1 Å². The molecule has 0 saturated heterocycles. The molecule has 0 fully saturated rings. The van der Waals surface area contributed by atoms with Crippen LogP contribution in [0.1, 0.15) is 19.3 Å². The van der Waals surface area contributed by atoms with Gasteiger partial charge in [0.1, 0.15) is 11.6 Å². The highest BCUT2D eigenvalue weighted by Crippen LogP contribution is 2.22. The monoisotopic (exact) mass is 377 g/mol. The van der Waals surface area contributed by atoms with E-state index in [0.717, 1.165) is 0 Å². The Morgan fingerprint density at radius 2 is 1.81 bits per heavy atom. The maximum Gasteiger partial charge on any atom is 0.303 e. The number of carboxylic acids is 1. The maximum atomic E-state index is 13.5. The van der Waals surface area contributed by atoms with E-state index in [2.05, 4.69) is 5.32 Å². The Bertz CT molecular complexity index is 737. The molecular weight excluding hydrogens is 357 g/mol. The fourth-order valence-electron chi connectivity index (χ4n) is 2.09. The highest BCUT2D eigenvalue weighted by molar-refractivity contribution is 7.99. The zero-order valence-electron chi connectivity index (χ0n) is 14.1. The Balaban J connectivity index is 1.70. The van der Waals surface area contributed by atoms with E-state index in [1.54, 1.807) is 42.5 Å². The number of rotatable bonds is 10. The molecule has 0 radical (unpaired) electrons. The summed E-state index contributed by atoms with van der Waals surface area (Å²) in [5.74, 6) is -0.179. The molecular formula is C19H20FNO4S. The molecule has 2 aromatic carbocycles. The van der Waals surface area contributed by atoms with Crippen LogP contribution in [0.4, 0.5) is 10.1 Å². The normalized spacial score (nSPS) is 10.3. The molecule has 0 aromatic heterocycles. The summed E-state index contributed by atoms with van der Waals surface area (Å²) in [4.78, 5) is 22.9. The highest BCUT2D eigenvalue weighted by atomic mass is 32.2. The highest BCUT2D eigenvalue weighted by Gasteiger charge is 2.06. The van der Waals surface area contributed by atoms with E-state index in [1.807, 2.05) is 0 Å². The van der Waals surface area contributed by atoms with Gasteiger partial charge in [-0.3, -0.25) is 9.59 Å². The average Bonchev–Trinajstić information content (AvgIpc) is 2.61. The SMILES string of the molecule is O=C(O)CCCOc1ccc(NC(=O)CCSc2ccccc2F)cc1. The van der Waals surface area contributed by atoms with Gasteiger partial charge in [-0.25, -0.2) is 4.39 Å². The summed E-state index contributed by atoms with van der Waals surface area (Å²) >= 11 is 1.30. The molecule has 5 nitrogen and oxygen atoms in total. The maximum absolute atomic E-state index is 13.5. The van der Waals surface area contributed by atoms with Gasteiger partial charge < -0.3 is 15.2 Å². The third-order valence-electron chi connectivity index (χ3n) is 3.37. The lowest BCUT2D eigenvalue weighted by molar-refractivity contribution is -0.137. The van der Waals surface area contributed by atoms with Gasteiger partial charge in [0.15, 0.2) is 0 Å². The first-order valence-electron chi connectivity index (χ1n) is 8.16. The number of carboxylic acid groups (broad SMARTS) is 1. The summed E-state index contributed by atoms with van der Waals surface area (Å²) in [6, 6.07) is 13.3. The second-order valence-corrected chi connectivity index (χ2v) is 6.58. The van der Waals surface area contributed by atoms with Gasteiger partial charge in [0, 0.05) is 29.2 Å². The average molecular weight is 377 g/mol. The number of ether oxygens (including phenoxy) is 1. The molecule has 1 amide bonds. The lowest BCUT2D eigenvalue weighted by Gasteiger charge is -2.08. The van der Waals surface area contributed by atoms with E-state index in [9.17, 15) is 14.0 Å². The van der Waals surface area contributed by atoms with Crippen LogP contribution < -0.4 is 10.1 Å². The second-order valence-electron chi connectivity index (χ2n) is 5.45. The van der Waals surface area contributed by atoms with Crippen molar-refractivity contribution in [1.82, 2.24) is 0 Å². The van der Waals surface area contributed by atoms with Gasteiger partial charge in [0.05, 0.1) is 6.61 Å². The summed E-state index contributed by atoms with van der Waals surface area (Å²) in [5.41, 5.74) is 0.642. The predicted molar refractivity (Wildman–Crippen MR) is 99.2 cm³/mol. The Labute approximate surface area is 155 Å². The molecule has 0 spiro atoms. The lowest BCUT2D eigenvalue weighted by Crippen LogP contribution is -2.12. The van der Waals surface area contributed by atoms with Gasteiger partial charge in [0.2, 0.25) is 5.91 Å². The summed E-state index contributed by atoms with van der Waals surface area (Å²) in [6.07, 6.45) is 0.777. The van der Waals surface area contributed by atoms with Crippen molar-refractivity contribution in [3.05, 3.63) is 54.3 Å². The third-order valence-corrected chi connectivity index (χ3v) is 4.42. The number of thioether (sulfide) groups is 1. The van der Waals surface area contributed by atoms with Crippen molar-refractivity contribution in [2.75, 3.05) is 17.7 Å². The molecule has 2 aromatic rings. The first kappa shape index (κ1) is 19.8. The summed E-state index contributed by atoms with van der Waals surface area (Å²) in [5, 5.41) is 11.3. The molecule has 0 aliphatic rings. The predicted octanol–water partition coefficient (Wildman–Crippen LogP) is 4.19. The molecule has 0 aliphatic heterocycles. The Morgan fingerprint density at radius 3 is 2.50 bits per heavy atom. The fraction of sp³-hybridized carbons (Fsp3) is 0.263. The number of anilines is 1. The van der Waals surface area contributed by atoms with E-state index in [1.165, 1.54) is 17.8 Å². The van der Waals surface area contributed by atoms with Gasteiger partial charge in [-0.15, -0.1) is 11.8 Å². The molecule has 0 unspecified atom stereocenters. The summed E-state index contributed by atoms with van der Waals surface area (Å²) < 4.78 is 18.9. The third kappa shape index (κ3) is 7.14. The quantitative estimate of drug-likeness (QED) is 0.480. The topological polar surface area (TPSA) is 75.6 Å². The fourth-order valence-corrected chi connectivity index (χ4v) is 2.97. The number of nitrogens with one attached hydrogen (secondary N) is 1. The van der Waals surface area contributed by atoms with Crippen LogP contribution in [0.15, 0.2) is 53.4 Å². The minimum atomic E-state index is -0.847. The van der Waals surface area contributed by atoms with Gasteiger partial charge >= 0.3 is 5.97 Å². The van der Waals surface area contributed by atoms with Crippen molar-refractivity contribution in [2.24, 2.45) is 0 Å². The van der Waals surface area contributed by atoms with Crippen LogP contribution in [0.25, 0.3) is 0 Å². The molecule has 0 bridgehead atoms. The van der Waals surface area contributed by atoms with Crippen LogP contribution >= 0.6 is 11.8 Å². The largest absolute Gasteiger partial charge is 0.494 e. The Morgan fingerprint density at radius 1 is 1.08 bits per heavy atom. The van der Waals surface area contributed by atoms with Gasteiger partial charge in [-0.05, 0) is 42.8 Å². The van der Waals surface area contributed by atoms with Gasteiger partial charge in [-0.2, -0.15) is 0 Å². The number of amides is 1. The first-order valence-corrected chi connectivity index (χ1v) is 9.15.